The van der Waals surface area contributed by atoms with Crippen molar-refractivity contribution in [1.29, 1.82) is 0 Å². The molecule has 98 valence electrons. The summed E-state index contributed by atoms with van der Waals surface area (Å²) in [6.07, 6.45) is 3.33. The van der Waals surface area contributed by atoms with Gasteiger partial charge < -0.3 is 4.90 Å². The fraction of sp³-hybridized carbons (Fsp3) is 0.364. The molecule has 0 fully saturated rings. The highest BCUT2D eigenvalue weighted by Crippen LogP contribution is 2.12. The molecule has 7 heteroatoms. The summed E-state index contributed by atoms with van der Waals surface area (Å²) in [6.45, 7) is 8.16. The first-order valence-electron chi connectivity index (χ1n) is 5.34. The van der Waals surface area contributed by atoms with Gasteiger partial charge in [0.05, 0.1) is 5.75 Å². The van der Waals surface area contributed by atoms with Crippen molar-refractivity contribution in [3.63, 3.8) is 0 Å². The van der Waals surface area contributed by atoms with Gasteiger partial charge in [0.25, 0.3) is 0 Å². The van der Waals surface area contributed by atoms with Crippen molar-refractivity contribution in [2.45, 2.75) is 5.16 Å². The summed E-state index contributed by atoms with van der Waals surface area (Å²) in [7, 11) is 1.60. The molecule has 0 saturated heterocycles. The summed E-state index contributed by atoms with van der Waals surface area (Å²) in [5.74, 6) is 0.176. The third-order valence-corrected chi connectivity index (χ3v) is 3.23. The van der Waals surface area contributed by atoms with Crippen molar-refractivity contribution in [3.05, 3.63) is 35.8 Å². The Kier molecular flexibility index (Phi) is 5.44. The number of aromatic nitrogens is 3. The first-order valence-corrected chi connectivity index (χ1v) is 6.32. The Hall–Kier alpha value is -1.76. The van der Waals surface area contributed by atoms with Crippen LogP contribution >= 0.6 is 11.8 Å². The van der Waals surface area contributed by atoms with Gasteiger partial charge in [-0.15, -0.1) is 18.3 Å². The van der Waals surface area contributed by atoms with Crippen molar-refractivity contribution in [1.82, 2.24) is 19.7 Å². The van der Waals surface area contributed by atoms with Crippen LogP contribution < -0.4 is 5.69 Å². The largest absolute Gasteiger partial charge is 0.343 e. The number of hydrogen-bond acceptors (Lipinski definition) is 4. The van der Waals surface area contributed by atoms with Crippen LogP contribution in [0.1, 0.15) is 0 Å². The molecule has 1 N–H and O–H groups in total. The molecule has 1 aromatic heterocycles. The lowest BCUT2D eigenvalue weighted by atomic mass is 10.4. The third-order valence-electron chi connectivity index (χ3n) is 2.22. The zero-order valence-electron chi connectivity index (χ0n) is 10.3. The molecule has 0 bridgehead atoms. The monoisotopic (exact) mass is 268 g/mol. The second-order valence-corrected chi connectivity index (χ2v) is 4.48. The Labute approximate surface area is 109 Å². The fourth-order valence-electron chi connectivity index (χ4n) is 1.27. The van der Waals surface area contributed by atoms with Crippen LogP contribution in [0.3, 0.4) is 0 Å². The topological polar surface area (TPSA) is 71.0 Å². The molecular formula is C11H16N4O2S. The molecule has 0 radical (unpaired) electrons. The van der Waals surface area contributed by atoms with Crippen LogP contribution in [0.15, 0.2) is 35.3 Å². The van der Waals surface area contributed by atoms with Gasteiger partial charge in [-0.05, 0) is 0 Å². The smallest absolute Gasteiger partial charge is 0.335 e. The van der Waals surface area contributed by atoms with Gasteiger partial charge in [0, 0.05) is 20.1 Å². The molecule has 0 aliphatic heterocycles. The molecule has 0 aromatic carbocycles. The zero-order valence-corrected chi connectivity index (χ0v) is 11.1. The van der Waals surface area contributed by atoms with E-state index in [1.807, 2.05) is 0 Å². The number of nitrogens with zero attached hydrogens (tertiary/aromatic N) is 3. The van der Waals surface area contributed by atoms with Crippen molar-refractivity contribution < 1.29 is 4.79 Å². The molecular weight excluding hydrogens is 252 g/mol. The van der Waals surface area contributed by atoms with Gasteiger partial charge in [-0.3, -0.25) is 9.36 Å². The summed E-state index contributed by atoms with van der Waals surface area (Å²) in [4.78, 5) is 24.7. The van der Waals surface area contributed by atoms with E-state index < -0.39 is 0 Å². The third kappa shape index (κ3) is 3.63. The van der Waals surface area contributed by atoms with Crippen LogP contribution in [0.2, 0.25) is 0 Å². The number of hydrogen-bond donors (Lipinski definition) is 1. The van der Waals surface area contributed by atoms with E-state index in [2.05, 4.69) is 23.4 Å². The second-order valence-electron chi connectivity index (χ2n) is 3.54. The number of nitrogens with one attached hydrogen (secondary N) is 1. The van der Waals surface area contributed by atoms with Crippen molar-refractivity contribution in [2.75, 3.05) is 18.8 Å². The highest BCUT2D eigenvalue weighted by atomic mass is 32.2. The molecule has 1 aromatic rings. The molecule has 0 unspecified atom stereocenters. The molecule has 18 heavy (non-hydrogen) atoms. The van der Waals surface area contributed by atoms with Crippen molar-refractivity contribution >= 4 is 17.7 Å². The lowest BCUT2D eigenvalue weighted by Gasteiger charge is -2.18. The van der Waals surface area contributed by atoms with Crippen LogP contribution in [0, 0.1) is 0 Å². The highest BCUT2D eigenvalue weighted by Gasteiger charge is 2.13. The Morgan fingerprint density at radius 3 is 2.56 bits per heavy atom. The van der Waals surface area contributed by atoms with E-state index in [1.54, 1.807) is 24.1 Å². The normalized spacial score (nSPS) is 10.1. The molecule has 0 saturated carbocycles. The minimum absolute atomic E-state index is 0.0461. The van der Waals surface area contributed by atoms with Gasteiger partial charge in [-0.1, -0.05) is 23.9 Å². The highest BCUT2D eigenvalue weighted by molar-refractivity contribution is 7.99. The quantitative estimate of drug-likeness (QED) is 0.574. The molecule has 0 aliphatic rings. The van der Waals surface area contributed by atoms with Gasteiger partial charge in [0.15, 0.2) is 5.16 Å². The Bertz CT molecular complexity index is 481. The average molecular weight is 268 g/mol. The van der Waals surface area contributed by atoms with Crippen molar-refractivity contribution in [2.24, 2.45) is 7.05 Å². The van der Waals surface area contributed by atoms with E-state index in [0.717, 1.165) is 0 Å². The van der Waals surface area contributed by atoms with E-state index >= 15 is 0 Å². The molecule has 6 nitrogen and oxygen atoms in total. The van der Waals surface area contributed by atoms with Gasteiger partial charge in [-0.25, -0.2) is 9.89 Å². The van der Waals surface area contributed by atoms with Gasteiger partial charge >= 0.3 is 5.69 Å². The predicted octanol–water partition coefficient (Wildman–Crippen LogP) is 0.401. The number of thioether (sulfide) groups is 1. The molecule has 0 atom stereocenters. The number of rotatable bonds is 7. The maximum atomic E-state index is 11.9. The van der Waals surface area contributed by atoms with Crippen LogP contribution in [0.4, 0.5) is 0 Å². The van der Waals surface area contributed by atoms with E-state index in [-0.39, 0.29) is 17.3 Å². The molecule has 0 spiro atoms. The summed E-state index contributed by atoms with van der Waals surface area (Å²) in [5.41, 5.74) is -0.293. The number of amides is 1. The first-order chi connectivity index (χ1) is 8.60. The standard InChI is InChI=1S/C11H16N4O2S/c1-4-6-15(7-5-2)9(16)8-18-11-13-12-10(17)14(11)3/h4-5H,1-2,6-8H2,3H3,(H,12,17). The van der Waals surface area contributed by atoms with E-state index in [1.165, 1.54) is 16.3 Å². The van der Waals surface area contributed by atoms with Crippen LogP contribution in [-0.2, 0) is 11.8 Å². The molecule has 1 amide bonds. The predicted molar refractivity (Wildman–Crippen MR) is 71.5 cm³/mol. The summed E-state index contributed by atoms with van der Waals surface area (Å²) < 4.78 is 1.36. The SMILES string of the molecule is C=CCN(CC=C)C(=O)CSc1n[nH]c(=O)n1C. The van der Waals surface area contributed by atoms with E-state index in [4.69, 9.17) is 0 Å². The van der Waals surface area contributed by atoms with Crippen molar-refractivity contribution in [3.8, 4) is 0 Å². The second kappa shape index (κ2) is 6.85. The number of H-pyrrole nitrogens is 1. The van der Waals surface area contributed by atoms with Crippen LogP contribution in [0.25, 0.3) is 0 Å². The first kappa shape index (κ1) is 14.3. The minimum atomic E-state index is -0.293. The lowest BCUT2D eigenvalue weighted by Crippen LogP contribution is -2.32. The fourth-order valence-corrected chi connectivity index (χ4v) is 2.09. The van der Waals surface area contributed by atoms with E-state index in [0.29, 0.717) is 18.2 Å². The lowest BCUT2D eigenvalue weighted by molar-refractivity contribution is -0.127. The Balaban J connectivity index is 2.58. The zero-order chi connectivity index (χ0) is 13.5. The average Bonchev–Trinajstić information content (AvgIpc) is 2.67. The van der Waals surface area contributed by atoms with Gasteiger partial charge in [0.2, 0.25) is 5.91 Å². The summed E-state index contributed by atoms with van der Waals surface area (Å²) >= 11 is 1.22. The Morgan fingerprint density at radius 1 is 1.50 bits per heavy atom. The number of aromatic amines is 1. The molecule has 0 aliphatic carbocycles. The van der Waals surface area contributed by atoms with Crippen LogP contribution in [0.5, 0.6) is 0 Å². The van der Waals surface area contributed by atoms with Gasteiger partial charge in [-0.2, -0.15) is 0 Å². The van der Waals surface area contributed by atoms with Gasteiger partial charge in [0.1, 0.15) is 0 Å². The molecule has 1 rings (SSSR count). The Morgan fingerprint density at radius 2 is 2.11 bits per heavy atom. The maximum Gasteiger partial charge on any atom is 0.343 e. The number of carbonyl (C=O) groups is 1. The molecule has 1 heterocycles. The van der Waals surface area contributed by atoms with E-state index in [9.17, 15) is 9.59 Å². The maximum absolute atomic E-state index is 11.9. The minimum Gasteiger partial charge on any atom is -0.335 e. The summed E-state index contributed by atoms with van der Waals surface area (Å²) in [5, 5.41) is 6.63. The summed E-state index contributed by atoms with van der Waals surface area (Å²) in [6, 6.07) is 0. The number of carbonyl (C=O) groups excluding carboxylic acids is 1. The van der Waals surface area contributed by atoms with Crippen LogP contribution in [-0.4, -0.2) is 44.4 Å².